The second kappa shape index (κ2) is 17.7. The molecule has 1 aromatic carbocycles. The number of esters is 2. The highest BCUT2D eigenvalue weighted by atomic mass is 16.5. The molecule has 2 unspecified atom stereocenters. The van der Waals surface area contributed by atoms with Crippen molar-refractivity contribution in [1.29, 1.82) is 0 Å². The van der Waals surface area contributed by atoms with Gasteiger partial charge in [-0.25, -0.2) is 9.59 Å². The average Bonchev–Trinajstić information content (AvgIpc) is 2.81. The molecule has 182 valence electrons. The van der Waals surface area contributed by atoms with Crippen LogP contribution < -0.4 is 0 Å². The van der Waals surface area contributed by atoms with Crippen LogP contribution in [0.1, 0.15) is 138 Å². The van der Waals surface area contributed by atoms with E-state index in [0.29, 0.717) is 11.1 Å². The summed E-state index contributed by atoms with van der Waals surface area (Å²) >= 11 is 0. The maximum atomic E-state index is 12.9. The van der Waals surface area contributed by atoms with Crippen molar-refractivity contribution in [1.82, 2.24) is 0 Å². The quantitative estimate of drug-likeness (QED) is 0.168. The number of hydrogen-bond donors (Lipinski definition) is 0. The minimum atomic E-state index is -0.425. The topological polar surface area (TPSA) is 52.6 Å². The number of unbranched alkanes of at least 4 members (excludes halogenated alkanes) is 8. The Kier molecular flexibility index (Phi) is 15.6. The van der Waals surface area contributed by atoms with Crippen LogP contribution in [0.2, 0.25) is 0 Å². The SMILES string of the molecule is CCCCCCCC(CC)OC(=O)c1ccccc1C(=O)OC(CC)CCCCCCC. The van der Waals surface area contributed by atoms with E-state index in [1.165, 1.54) is 51.4 Å². The molecule has 0 aliphatic rings. The number of benzene rings is 1. The van der Waals surface area contributed by atoms with E-state index in [-0.39, 0.29) is 12.2 Å². The third kappa shape index (κ3) is 11.2. The van der Waals surface area contributed by atoms with Crippen LogP contribution >= 0.6 is 0 Å². The van der Waals surface area contributed by atoms with Crippen molar-refractivity contribution in [2.75, 3.05) is 0 Å². The van der Waals surface area contributed by atoms with Gasteiger partial charge in [-0.15, -0.1) is 0 Å². The first-order valence-corrected chi connectivity index (χ1v) is 13.1. The molecule has 2 atom stereocenters. The van der Waals surface area contributed by atoms with Gasteiger partial charge < -0.3 is 9.47 Å². The summed E-state index contributed by atoms with van der Waals surface area (Å²) in [5, 5.41) is 0. The zero-order valence-corrected chi connectivity index (χ0v) is 21.0. The Labute approximate surface area is 196 Å². The summed E-state index contributed by atoms with van der Waals surface area (Å²) < 4.78 is 11.5. The van der Waals surface area contributed by atoms with Crippen molar-refractivity contribution >= 4 is 11.9 Å². The van der Waals surface area contributed by atoms with Gasteiger partial charge in [0.15, 0.2) is 0 Å². The maximum Gasteiger partial charge on any atom is 0.339 e. The zero-order chi connectivity index (χ0) is 23.6. The van der Waals surface area contributed by atoms with Crippen molar-refractivity contribution < 1.29 is 19.1 Å². The average molecular weight is 447 g/mol. The molecule has 0 amide bonds. The molecule has 0 heterocycles. The minimum absolute atomic E-state index is 0.111. The van der Waals surface area contributed by atoms with Crippen LogP contribution in [0, 0.1) is 0 Å². The van der Waals surface area contributed by atoms with E-state index >= 15 is 0 Å². The largest absolute Gasteiger partial charge is 0.459 e. The Bertz CT molecular complexity index is 585. The summed E-state index contributed by atoms with van der Waals surface area (Å²) in [6, 6.07) is 6.87. The summed E-state index contributed by atoms with van der Waals surface area (Å²) in [7, 11) is 0. The molecule has 0 aliphatic heterocycles. The van der Waals surface area contributed by atoms with E-state index in [1.807, 2.05) is 13.8 Å². The Morgan fingerprint density at radius 3 is 1.34 bits per heavy atom. The maximum absolute atomic E-state index is 12.9. The van der Waals surface area contributed by atoms with Crippen LogP contribution in [0.15, 0.2) is 24.3 Å². The number of hydrogen-bond acceptors (Lipinski definition) is 4. The Morgan fingerprint density at radius 2 is 1.00 bits per heavy atom. The molecule has 32 heavy (non-hydrogen) atoms. The first kappa shape index (κ1) is 28.2. The Morgan fingerprint density at radius 1 is 0.625 bits per heavy atom. The summed E-state index contributed by atoms with van der Waals surface area (Å²) in [6.07, 6.45) is 14.9. The Balaban J connectivity index is 2.66. The molecule has 4 heteroatoms. The molecular weight excluding hydrogens is 400 g/mol. The summed E-state index contributed by atoms with van der Waals surface area (Å²) in [6.45, 7) is 8.48. The smallest absolute Gasteiger partial charge is 0.339 e. The molecule has 0 spiro atoms. The fourth-order valence-corrected chi connectivity index (χ4v) is 3.91. The van der Waals surface area contributed by atoms with Crippen molar-refractivity contribution in [3.63, 3.8) is 0 Å². The van der Waals surface area contributed by atoms with E-state index < -0.39 is 11.9 Å². The molecule has 0 fully saturated rings. The molecular formula is C28H46O4. The van der Waals surface area contributed by atoms with E-state index in [4.69, 9.17) is 9.47 Å². The molecule has 0 saturated carbocycles. The van der Waals surface area contributed by atoms with Crippen LogP contribution in [-0.4, -0.2) is 24.1 Å². The second-order valence-corrected chi connectivity index (χ2v) is 8.82. The predicted molar refractivity (Wildman–Crippen MR) is 132 cm³/mol. The lowest BCUT2D eigenvalue weighted by Crippen LogP contribution is -2.22. The lowest BCUT2D eigenvalue weighted by Gasteiger charge is -2.19. The van der Waals surface area contributed by atoms with Gasteiger partial charge in [0.25, 0.3) is 0 Å². The second-order valence-electron chi connectivity index (χ2n) is 8.82. The minimum Gasteiger partial charge on any atom is -0.459 e. The van der Waals surface area contributed by atoms with Gasteiger partial charge in [0.1, 0.15) is 12.2 Å². The highest BCUT2D eigenvalue weighted by molar-refractivity contribution is 6.03. The van der Waals surface area contributed by atoms with Gasteiger partial charge >= 0.3 is 11.9 Å². The number of carbonyl (C=O) groups excluding carboxylic acids is 2. The first-order chi connectivity index (χ1) is 15.6. The lowest BCUT2D eigenvalue weighted by molar-refractivity contribution is 0.0219. The van der Waals surface area contributed by atoms with Crippen molar-refractivity contribution in [2.45, 2.75) is 130 Å². The normalized spacial score (nSPS) is 12.9. The monoisotopic (exact) mass is 446 g/mol. The third-order valence-corrected chi connectivity index (χ3v) is 6.08. The van der Waals surface area contributed by atoms with Gasteiger partial charge in [0.05, 0.1) is 11.1 Å². The fourth-order valence-electron chi connectivity index (χ4n) is 3.91. The first-order valence-electron chi connectivity index (χ1n) is 13.1. The fraction of sp³-hybridized carbons (Fsp3) is 0.714. The standard InChI is InChI=1S/C28H46O4/c1-5-9-11-13-15-19-23(7-3)31-27(29)25-21-17-18-22-26(25)28(30)32-24(8-4)20-16-14-12-10-6-2/h17-18,21-24H,5-16,19-20H2,1-4H3. The van der Waals surface area contributed by atoms with Crippen LogP contribution in [0.5, 0.6) is 0 Å². The summed E-state index contributed by atoms with van der Waals surface area (Å²) in [5.74, 6) is -0.851. The lowest BCUT2D eigenvalue weighted by atomic mass is 10.0. The van der Waals surface area contributed by atoms with E-state index in [1.54, 1.807) is 24.3 Å². The van der Waals surface area contributed by atoms with Gasteiger partial charge in [-0.1, -0.05) is 91.2 Å². The zero-order valence-electron chi connectivity index (χ0n) is 21.0. The van der Waals surface area contributed by atoms with E-state index in [2.05, 4.69) is 13.8 Å². The molecule has 0 aromatic heterocycles. The predicted octanol–water partition coefficient (Wildman–Crippen LogP) is 8.28. The van der Waals surface area contributed by atoms with Crippen LogP contribution in [0.3, 0.4) is 0 Å². The van der Waals surface area contributed by atoms with Crippen molar-refractivity contribution in [2.24, 2.45) is 0 Å². The number of carbonyl (C=O) groups is 2. The molecule has 1 aromatic rings. The van der Waals surface area contributed by atoms with Crippen LogP contribution in [0.4, 0.5) is 0 Å². The summed E-state index contributed by atoms with van der Waals surface area (Å²) in [5.41, 5.74) is 0.611. The van der Waals surface area contributed by atoms with Gasteiger partial charge in [-0.2, -0.15) is 0 Å². The molecule has 1 rings (SSSR count). The van der Waals surface area contributed by atoms with Crippen LogP contribution in [0.25, 0.3) is 0 Å². The van der Waals surface area contributed by atoms with Gasteiger partial charge in [0, 0.05) is 0 Å². The Hall–Kier alpha value is -1.84. The molecule has 4 nitrogen and oxygen atoms in total. The highest BCUT2D eigenvalue weighted by Gasteiger charge is 2.23. The molecule has 0 bridgehead atoms. The van der Waals surface area contributed by atoms with E-state index in [0.717, 1.165) is 38.5 Å². The third-order valence-electron chi connectivity index (χ3n) is 6.08. The van der Waals surface area contributed by atoms with E-state index in [9.17, 15) is 9.59 Å². The molecule has 0 radical (unpaired) electrons. The molecule has 0 N–H and O–H groups in total. The number of ether oxygens (including phenoxy) is 2. The van der Waals surface area contributed by atoms with Crippen LogP contribution in [-0.2, 0) is 9.47 Å². The summed E-state index contributed by atoms with van der Waals surface area (Å²) in [4.78, 5) is 25.7. The molecule has 0 aliphatic carbocycles. The van der Waals surface area contributed by atoms with Crippen molar-refractivity contribution in [3.05, 3.63) is 35.4 Å². The van der Waals surface area contributed by atoms with Crippen molar-refractivity contribution in [3.8, 4) is 0 Å². The van der Waals surface area contributed by atoms with Gasteiger partial charge in [-0.3, -0.25) is 0 Å². The van der Waals surface area contributed by atoms with Gasteiger partial charge in [0.2, 0.25) is 0 Å². The molecule has 0 saturated heterocycles. The highest BCUT2D eigenvalue weighted by Crippen LogP contribution is 2.19. The number of rotatable bonds is 18. The van der Waals surface area contributed by atoms with Gasteiger partial charge in [-0.05, 0) is 50.7 Å².